The van der Waals surface area contributed by atoms with Crippen LogP contribution in [0.3, 0.4) is 0 Å². The smallest absolute Gasteiger partial charge is 0.270 e. The van der Waals surface area contributed by atoms with Gasteiger partial charge in [-0.3, -0.25) is 14.6 Å². The molecule has 2 N–H and O–H groups in total. The molecule has 2 amide bonds. The minimum atomic E-state index is -0.361. The largest absolute Gasteiger partial charge is 0.507 e. The van der Waals surface area contributed by atoms with Gasteiger partial charge in [0.05, 0.1) is 24.8 Å². The maximum Gasteiger partial charge on any atom is 0.270 e. The summed E-state index contributed by atoms with van der Waals surface area (Å²) in [7, 11) is 3.20. The molecule has 36 heavy (non-hydrogen) atoms. The van der Waals surface area contributed by atoms with Crippen LogP contribution in [0, 0.1) is 0 Å². The summed E-state index contributed by atoms with van der Waals surface area (Å²) in [5.41, 5.74) is 2.38. The highest BCUT2D eigenvalue weighted by atomic mass is 16.5. The van der Waals surface area contributed by atoms with Crippen LogP contribution in [-0.4, -0.2) is 60.2 Å². The first kappa shape index (κ1) is 23.8. The first-order valence-electron chi connectivity index (χ1n) is 12.0. The highest BCUT2D eigenvalue weighted by Crippen LogP contribution is 2.52. The molecule has 2 heterocycles. The van der Waals surface area contributed by atoms with Crippen LogP contribution in [0.25, 0.3) is 0 Å². The number of likely N-dealkylation sites (tertiary alicyclic amines) is 1. The van der Waals surface area contributed by atoms with E-state index in [1.807, 2.05) is 18.2 Å². The molecule has 0 saturated carbocycles. The minimum absolute atomic E-state index is 0.0700. The lowest BCUT2D eigenvalue weighted by molar-refractivity contribution is -0.00936. The average molecular weight is 488 g/mol. The summed E-state index contributed by atoms with van der Waals surface area (Å²) in [4.78, 5) is 32.2. The van der Waals surface area contributed by atoms with E-state index in [9.17, 15) is 14.7 Å². The Morgan fingerprint density at radius 2 is 1.81 bits per heavy atom. The lowest BCUT2D eigenvalue weighted by Crippen LogP contribution is -2.51. The number of hydrogen-bond acceptors (Lipinski definition) is 6. The molecule has 1 spiro atoms. The fraction of sp³-hybridized carbons (Fsp3) is 0.321. The van der Waals surface area contributed by atoms with E-state index in [2.05, 4.69) is 16.4 Å². The van der Waals surface area contributed by atoms with E-state index >= 15 is 0 Å². The van der Waals surface area contributed by atoms with Crippen LogP contribution >= 0.6 is 0 Å². The Kier molecular flexibility index (Phi) is 6.36. The van der Waals surface area contributed by atoms with Gasteiger partial charge in [0.1, 0.15) is 17.2 Å². The van der Waals surface area contributed by atoms with Crippen LogP contribution < -0.4 is 10.1 Å². The average Bonchev–Trinajstić information content (AvgIpc) is 3.17. The van der Waals surface area contributed by atoms with E-state index in [1.165, 1.54) is 13.2 Å². The highest BCUT2D eigenvalue weighted by Gasteiger charge is 2.54. The molecule has 2 atom stereocenters. The van der Waals surface area contributed by atoms with E-state index in [0.717, 1.165) is 11.1 Å². The number of carbonyl (C=O) groups excluding carboxylic acids is 2. The third-order valence-electron chi connectivity index (χ3n) is 7.49. The van der Waals surface area contributed by atoms with Crippen LogP contribution in [0.15, 0.2) is 66.9 Å². The van der Waals surface area contributed by atoms with Gasteiger partial charge in [-0.1, -0.05) is 30.3 Å². The number of aromatic nitrogens is 1. The lowest BCUT2D eigenvalue weighted by atomic mass is 9.71. The van der Waals surface area contributed by atoms with Crippen molar-refractivity contribution in [2.45, 2.75) is 30.4 Å². The number of aromatic hydroxyl groups is 1. The molecule has 3 aromatic rings. The predicted molar refractivity (Wildman–Crippen MR) is 133 cm³/mol. The third-order valence-corrected chi connectivity index (χ3v) is 7.49. The zero-order valence-electron chi connectivity index (χ0n) is 20.3. The van der Waals surface area contributed by atoms with Gasteiger partial charge in [-0.25, -0.2) is 0 Å². The predicted octanol–water partition coefficient (Wildman–Crippen LogP) is 3.47. The topological polar surface area (TPSA) is 101 Å². The van der Waals surface area contributed by atoms with Gasteiger partial charge >= 0.3 is 0 Å². The molecule has 2 aliphatic rings. The third kappa shape index (κ3) is 3.97. The molecule has 186 valence electrons. The Bertz CT molecular complexity index is 1270. The number of ether oxygens (including phenoxy) is 2. The fourth-order valence-electron chi connectivity index (χ4n) is 5.73. The molecule has 8 nitrogen and oxygen atoms in total. The van der Waals surface area contributed by atoms with Crippen LogP contribution in [-0.2, 0) is 10.2 Å². The molecule has 1 fully saturated rings. The molecular formula is C28H29N3O5. The molecule has 0 radical (unpaired) electrons. The number of hydrogen-bond donors (Lipinski definition) is 2. The number of nitrogens with one attached hydrogen (secondary N) is 1. The molecule has 1 aliphatic heterocycles. The fourth-order valence-corrected chi connectivity index (χ4v) is 5.73. The summed E-state index contributed by atoms with van der Waals surface area (Å²) in [5, 5.41) is 13.4. The van der Waals surface area contributed by atoms with Crippen LogP contribution in [0.5, 0.6) is 11.5 Å². The van der Waals surface area contributed by atoms with Crippen molar-refractivity contribution in [3.63, 3.8) is 0 Å². The number of amides is 2. The van der Waals surface area contributed by atoms with Crippen molar-refractivity contribution >= 4 is 11.8 Å². The Morgan fingerprint density at radius 3 is 2.50 bits per heavy atom. The van der Waals surface area contributed by atoms with Crippen molar-refractivity contribution in [2.75, 3.05) is 27.3 Å². The van der Waals surface area contributed by atoms with Crippen molar-refractivity contribution in [1.82, 2.24) is 15.2 Å². The number of carbonyl (C=O) groups is 2. The molecule has 0 unspecified atom stereocenters. The van der Waals surface area contributed by atoms with Gasteiger partial charge in [-0.05, 0) is 54.3 Å². The van der Waals surface area contributed by atoms with E-state index in [0.29, 0.717) is 37.4 Å². The summed E-state index contributed by atoms with van der Waals surface area (Å²) in [6.07, 6.45) is 2.62. The molecule has 0 bridgehead atoms. The lowest BCUT2D eigenvalue weighted by Gasteiger charge is -2.44. The van der Waals surface area contributed by atoms with E-state index in [-0.39, 0.29) is 40.7 Å². The van der Waals surface area contributed by atoms with Crippen molar-refractivity contribution in [3.05, 3.63) is 89.2 Å². The first-order valence-corrected chi connectivity index (χ1v) is 12.0. The van der Waals surface area contributed by atoms with Gasteiger partial charge in [0.15, 0.2) is 0 Å². The number of fused-ring (bicyclic) bond motifs is 2. The van der Waals surface area contributed by atoms with Gasteiger partial charge in [0.25, 0.3) is 11.8 Å². The van der Waals surface area contributed by atoms with Crippen LogP contribution in [0.1, 0.15) is 50.9 Å². The number of benzene rings is 2. The van der Waals surface area contributed by atoms with Gasteiger partial charge in [-0.15, -0.1) is 0 Å². The van der Waals surface area contributed by atoms with E-state index in [4.69, 9.17) is 9.47 Å². The standard InChI is InChI=1S/C28H29N3O5/c1-35-18-10-11-23(32)20(17-18)27(34)31-15-12-28(13-16-31)21-8-4-3-7-19(21)24(25(28)36-2)30-26(33)22-9-5-6-14-29-22/h3-11,14,17,24-25,32H,12-13,15-16H2,1-2H3,(H,30,33)/t24-,25+/m0/s1. The number of nitrogens with zero attached hydrogens (tertiary/aromatic N) is 2. The summed E-state index contributed by atoms with van der Waals surface area (Å²) < 4.78 is 11.3. The summed E-state index contributed by atoms with van der Waals surface area (Å²) in [6, 6.07) is 17.7. The summed E-state index contributed by atoms with van der Waals surface area (Å²) in [6.45, 7) is 0.981. The monoisotopic (exact) mass is 487 g/mol. The molecule has 8 heteroatoms. The zero-order valence-corrected chi connectivity index (χ0v) is 20.3. The Balaban J connectivity index is 1.40. The quantitative estimate of drug-likeness (QED) is 0.572. The van der Waals surface area contributed by atoms with Gasteiger partial charge in [-0.2, -0.15) is 0 Å². The number of rotatable bonds is 5. The Morgan fingerprint density at radius 1 is 1.06 bits per heavy atom. The van der Waals surface area contributed by atoms with Crippen molar-refractivity contribution in [2.24, 2.45) is 0 Å². The van der Waals surface area contributed by atoms with Crippen LogP contribution in [0.4, 0.5) is 0 Å². The van der Waals surface area contributed by atoms with Gasteiger partial charge in [0, 0.05) is 31.8 Å². The van der Waals surface area contributed by atoms with E-state index in [1.54, 1.807) is 48.5 Å². The second-order valence-electron chi connectivity index (χ2n) is 9.24. The molecule has 5 rings (SSSR count). The summed E-state index contributed by atoms with van der Waals surface area (Å²) >= 11 is 0. The van der Waals surface area contributed by atoms with Crippen LogP contribution in [0.2, 0.25) is 0 Å². The zero-order chi connectivity index (χ0) is 25.3. The molecule has 1 aromatic heterocycles. The van der Waals surface area contributed by atoms with Crippen molar-refractivity contribution in [3.8, 4) is 11.5 Å². The molecule has 1 aliphatic carbocycles. The first-order chi connectivity index (χ1) is 17.5. The Labute approximate surface area is 209 Å². The number of phenols is 1. The normalized spacial score (nSPS) is 20.1. The number of pyridine rings is 1. The molecular weight excluding hydrogens is 458 g/mol. The second-order valence-corrected chi connectivity index (χ2v) is 9.24. The molecule has 2 aromatic carbocycles. The second kappa shape index (κ2) is 9.62. The summed E-state index contributed by atoms with van der Waals surface area (Å²) in [5.74, 6) is -0.0447. The number of phenolic OH excluding ortho intramolecular Hbond substituents is 1. The number of methoxy groups -OCH3 is 2. The van der Waals surface area contributed by atoms with Gasteiger partial charge < -0.3 is 24.8 Å². The number of piperidine rings is 1. The van der Waals surface area contributed by atoms with E-state index < -0.39 is 0 Å². The molecule has 1 saturated heterocycles. The maximum absolute atomic E-state index is 13.3. The SMILES string of the molecule is COc1ccc(O)c(C(=O)N2CCC3(CC2)c2ccccc2[C@H](NC(=O)c2ccccn2)[C@H]3OC)c1. The van der Waals surface area contributed by atoms with Crippen molar-refractivity contribution in [1.29, 1.82) is 0 Å². The minimum Gasteiger partial charge on any atom is -0.507 e. The maximum atomic E-state index is 13.3. The Hall–Kier alpha value is -3.91. The van der Waals surface area contributed by atoms with Crippen molar-refractivity contribution < 1.29 is 24.2 Å². The van der Waals surface area contributed by atoms with Gasteiger partial charge in [0.2, 0.25) is 0 Å². The highest BCUT2D eigenvalue weighted by molar-refractivity contribution is 5.97.